The SMILES string of the molecule is CC(C)CC(=O)O[C@@H](C)[C@]1(O)CC[C@@]2(O)[C@]1(C)[C@H](OC(=O)CC(C)C)C[C@@H]1[C@@]3(C)CC[C@H](O)C[C@@H]3CC[C@]12O. The third-order valence-electron chi connectivity index (χ3n) is 11.6. The summed E-state index contributed by atoms with van der Waals surface area (Å²) in [5, 5.41) is 48.1. The lowest BCUT2D eigenvalue weighted by Crippen LogP contribution is -2.79. The third kappa shape index (κ3) is 4.56. The van der Waals surface area contributed by atoms with Crippen molar-refractivity contribution in [2.45, 2.75) is 148 Å². The maximum atomic E-state index is 13.1. The fourth-order valence-corrected chi connectivity index (χ4v) is 9.29. The molecule has 4 N–H and O–H groups in total. The van der Waals surface area contributed by atoms with Gasteiger partial charge in [-0.1, -0.05) is 41.5 Å². The number of rotatable bonds is 7. The van der Waals surface area contributed by atoms with Gasteiger partial charge < -0.3 is 29.9 Å². The van der Waals surface area contributed by atoms with E-state index >= 15 is 0 Å². The van der Waals surface area contributed by atoms with Crippen LogP contribution >= 0.6 is 0 Å². The summed E-state index contributed by atoms with van der Waals surface area (Å²) in [5.74, 6) is -0.880. The van der Waals surface area contributed by atoms with Gasteiger partial charge in [0.15, 0.2) is 0 Å². The Balaban J connectivity index is 1.78. The quantitative estimate of drug-likeness (QED) is 0.350. The molecule has 4 fully saturated rings. The first-order valence-electron chi connectivity index (χ1n) is 15.2. The fourth-order valence-electron chi connectivity index (χ4n) is 9.29. The maximum absolute atomic E-state index is 13.1. The molecular formula is C31H52O8. The van der Waals surface area contributed by atoms with Crippen molar-refractivity contribution in [1.29, 1.82) is 0 Å². The van der Waals surface area contributed by atoms with Crippen LogP contribution in [0.5, 0.6) is 0 Å². The predicted molar refractivity (Wildman–Crippen MR) is 145 cm³/mol. The van der Waals surface area contributed by atoms with Crippen LogP contribution in [0.2, 0.25) is 0 Å². The Morgan fingerprint density at radius 3 is 2.08 bits per heavy atom. The minimum Gasteiger partial charge on any atom is -0.462 e. The first-order chi connectivity index (χ1) is 17.9. The van der Waals surface area contributed by atoms with Gasteiger partial charge in [0.1, 0.15) is 23.4 Å². The highest BCUT2D eigenvalue weighted by Gasteiger charge is 2.82. The molecular weight excluding hydrogens is 500 g/mol. The van der Waals surface area contributed by atoms with Crippen molar-refractivity contribution >= 4 is 11.9 Å². The lowest BCUT2D eigenvalue weighted by Gasteiger charge is -2.69. The Kier molecular flexibility index (Phi) is 8.08. The van der Waals surface area contributed by atoms with Gasteiger partial charge in [0.25, 0.3) is 0 Å². The Bertz CT molecular complexity index is 951. The van der Waals surface area contributed by atoms with E-state index in [-0.39, 0.29) is 67.3 Å². The van der Waals surface area contributed by atoms with Crippen molar-refractivity contribution in [3.63, 3.8) is 0 Å². The molecule has 0 aromatic rings. The number of carbonyl (C=O) groups is 2. The molecule has 224 valence electrons. The molecule has 0 aromatic carbocycles. The van der Waals surface area contributed by atoms with Crippen LogP contribution in [0, 0.1) is 34.5 Å². The summed E-state index contributed by atoms with van der Waals surface area (Å²) in [5.41, 5.74) is -6.86. The van der Waals surface area contributed by atoms with E-state index in [0.29, 0.717) is 32.1 Å². The maximum Gasteiger partial charge on any atom is 0.306 e. The summed E-state index contributed by atoms with van der Waals surface area (Å²) in [6.07, 6.45) is 1.63. The van der Waals surface area contributed by atoms with Gasteiger partial charge in [-0.25, -0.2) is 0 Å². The molecule has 8 heteroatoms. The van der Waals surface area contributed by atoms with Crippen LogP contribution in [-0.2, 0) is 19.1 Å². The van der Waals surface area contributed by atoms with Crippen LogP contribution in [0.15, 0.2) is 0 Å². The molecule has 39 heavy (non-hydrogen) atoms. The van der Waals surface area contributed by atoms with Gasteiger partial charge in [0.05, 0.1) is 17.1 Å². The number of hydrogen-bond donors (Lipinski definition) is 4. The Morgan fingerprint density at radius 2 is 1.46 bits per heavy atom. The molecule has 0 saturated heterocycles. The molecule has 0 spiro atoms. The molecule has 8 nitrogen and oxygen atoms in total. The minimum atomic E-state index is -1.77. The average molecular weight is 553 g/mol. The molecule has 0 aromatic heterocycles. The smallest absolute Gasteiger partial charge is 0.306 e. The monoisotopic (exact) mass is 552 g/mol. The molecule has 4 rings (SSSR count). The third-order valence-corrected chi connectivity index (χ3v) is 11.6. The highest BCUT2D eigenvalue weighted by Crippen LogP contribution is 2.72. The molecule has 4 aliphatic carbocycles. The zero-order valence-corrected chi connectivity index (χ0v) is 25.0. The summed E-state index contributed by atoms with van der Waals surface area (Å²) >= 11 is 0. The summed E-state index contributed by atoms with van der Waals surface area (Å²) in [6, 6.07) is 0. The van der Waals surface area contributed by atoms with Gasteiger partial charge in [-0.2, -0.15) is 0 Å². The van der Waals surface area contributed by atoms with Gasteiger partial charge >= 0.3 is 11.9 Å². The Hall–Kier alpha value is -1.22. The number of carbonyl (C=O) groups excluding carboxylic acids is 2. The van der Waals surface area contributed by atoms with Gasteiger partial charge in [-0.3, -0.25) is 9.59 Å². The van der Waals surface area contributed by atoms with E-state index in [1.54, 1.807) is 13.8 Å². The molecule has 0 unspecified atom stereocenters. The number of fused-ring (bicyclic) bond motifs is 5. The summed E-state index contributed by atoms with van der Waals surface area (Å²) < 4.78 is 11.9. The van der Waals surface area contributed by atoms with Gasteiger partial charge in [0.2, 0.25) is 0 Å². The van der Waals surface area contributed by atoms with Crippen LogP contribution in [-0.4, -0.2) is 67.5 Å². The van der Waals surface area contributed by atoms with Crippen molar-refractivity contribution in [3.05, 3.63) is 0 Å². The van der Waals surface area contributed by atoms with E-state index in [2.05, 4.69) is 6.92 Å². The van der Waals surface area contributed by atoms with Crippen LogP contribution in [0.3, 0.4) is 0 Å². The van der Waals surface area contributed by atoms with Gasteiger partial charge in [0, 0.05) is 12.8 Å². The van der Waals surface area contributed by atoms with Crippen LogP contribution in [0.4, 0.5) is 0 Å². The van der Waals surface area contributed by atoms with Crippen molar-refractivity contribution in [3.8, 4) is 0 Å². The van der Waals surface area contributed by atoms with Crippen molar-refractivity contribution in [2.75, 3.05) is 0 Å². The summed E-state index contributed by atoms with van der Waals surface area (Å²) in [4.78, 5) is 25.8. The normalized spacial score (nSPS) is 46.3. The van der Waals surface area contributed by atoms with E-state index in [0.717, 1.165) is 0 Å². The molecule has 0 radical (unpaired) electrons. The molecule has 10 atom stereocenters. The van der Waals surface area contributed by atoms with Gasteiger partial charge in [-0.15, -0.1) is 0 Å². The van der Waals surface area contributed by atoms with E-state index in [1.807, 2.05) is 27.7 Å². The second-order valence-corrected chi connectivity index (χ2v) is 14.7. The largest absolute Gasteiger partial charge is 0.462 e. The summed E-state index contributed by atoms with van der Waals surface area (Å²) in [7, 11) is 0. The zero-order valence-electron chi connectivity index (χ0n) is 25.0. The van der Waals surface area contributed by atoms with Crippen molar-refractivity contribution in [2.24, 2.45) is 34.5 Å². The van der Waals surface area contributed by atoms with E-state index < -0.39 is 46.4 Å². The van der Waals surface area contributed by atoms with Crippen molar-refractivity contribution < 1.29 is 39.5 Å². The Labute approximate surface area is 233 Å². The van der Waals surface area contributed by atoms with Crippen LogP contribution in [0.1, 0.15) is 113 Å². The average Bonchev–Trinajstić information content (AvgIpc) is 3.04. The second kappa shape index (κ2) is 10.2. The zero-order chi connectivity index (χ0) is 29.2. The molecule has 4 saturated carbocycles. The predicted octanol–water partition coefficient (Wildman–Crippen LogP) is 3.90. The molecule has 0 heterocycles. The molecule has 0 amide bonds. The van der Waals surface area contributed by atoms with Crippen LogP contribution < -0.4 is 0 Å². The lowest BCUT2D eigenvalue weighted by atomic mass is 9.40. The number of esters is 2. The first-order valence-corrected chi connectivity index (χ1v) is 15.2. The first kappa shape index (κ1) is 30.7. The number of ether oxygens (including phenoxy) is 2. The highest BCUT2D eigenvalue weighted by atomic mass is 16.6. The van der Waals surface area contributed by atoms with Crippen molar-refractivity contribution in [1.82, 2.24) is 0 Å². The second-order valence-electron chi connectivity index (χ2n) is 14.7. The Morgan fingerprint density at radius 1 is 0.846 bits per heavy atom. The molecule has 4 aliphatic rings. The molecule has 0 aliphatic heterocycles. The topological polar surface area (TPSA) is 134 Å². The summed E-state index contributed by atoms with van der Waals surface area (Å²) in [6.45, 7) is 13.2. The number of aliphatic hydroxyl groups excluding tert-OH is 1. The van der Waals surface area contributed by atoms with Gasteiger partial charge in [-0.05, 0) is 87.4 Å². The van der Waals surface area contributed by atoms with E-state index in [9.17, 15) is 30.0 Å². The van der Waals surface area contributed by atoms with Crippen LogP contribution in [0.25, 0.3) is 0 Å². The fraction of sp³-hybridized carbons (Fsp3) is 0.935. The highest BCUT2D eigenvalue weighted by molar-refractivity contribution is 5.70. The minimum absolute atomic E-state index is 0.0690. The van der Waals surface area contributed by atoms with E-state index in [1.165, 1.54) is 0 Å². The number of hydrogen-bond acceptors (Lipinski definition) is 8. The van der Waals surface area contributed by atoms with E-state index in [4.69, 9.17) is 9.47 Å². The number of aliphatic hydroxyl groups is 4. The lowest BCUT2D eigenvalue weighted by molar-refractivity contribution is -0.342. The molecule has 0 bridgehead atoms. The standard InChI is InChI=1S/C31H52O8/c1-18(2)14-25(33)38-20(5)29(35)12-13-31(37)28(29,7)24(39-26(34)15-19(3)4)17-23-27(6)10-9-22(32)16-21(27)8-11-30(23,31)36/h18-24,32,35-37H,8-17H2,1-7H3/t20-,21-,22-,23+,24+,27-,28+,29+,30-,31+/m0/s1.